The molecule has 0 saturated heterocycles. The zero-order valence-corrected chi connectivity index (χ0v) is 18.0. The minimum atomic E-state index is 0.178. The zero-order chi connectivity index (χ0) is 20.7. The summed E-state index contributed by atoms with van der Waals surface area (Å²) in [7, 11) is 0. The number of hydrogen-bond acceptors (Lipinski definition) is 2. The highest BCUT2D eigenvalue weighted by Gasteiger charge is 2.19. The van der Waals surface area contributed by atoms with Crippen LogP contribution in [-0.4, -0.2) is 10.2 Å². The lowest BCUT2D eigenvalue weighted by molar-refractivity contribution is 0.712. The molecule has 0 saturated carbocycles. The van der Waals surface area contributed by atoms with Crippen LogP contribution < -0.4 is 0 Å². The summed E-state index contributed by atoms with van der Waals surface area (Å²) in [4.78, 5) is 0. The predicted octanol–water partition coefficient (Wildman–Crippen LogP) is 7.39. The molecule has 3 nitrogen and oxygen atoms in total. The molecule has 0 amide bonds. The molecular formula is C24H35N3. The van der Waals surface area contributed by atoms with Crippen LogP contribution in [0.1, 0.15) is 77.1 Å². The van der Waals surface area contributed by atoms with Crippen molar-refractivity contribution in [3.8, 4) is 6.07 Å². The number of benzene rings is 2. The Morgan fingerprint density at radius 1 is 0.926 bits per heavy atom. The number of H-pyrrole nitrogens is 1. The molecule has 0 radical (unpaired) electrons. The first-order valence-electron chi connectivity index (χ1n) is 10.2. The molecule has 0 bridgehead atoms. The molecule has 0 fully saturated rings. The van der Waals surface area contributed by atoms with Crippen LogP contribution in [0.3, 0.4) is 0 Å². The average Bonchev–Trinajstić information content (AvgIpc) is 3.19. The maximum Gasteiger partial charge on any atom is 0.0953 e. The van der Waals surface area contributed by atoms with E-state index in [9.17, 15) is 0 Å². The molecule has 1 unspecified atom stereocenters. The second-order valence-corrected chi connectivity index (χ2v) is 5.27. The summed E-state index contributed by atoms with van der Waals surface area (Å²) in [5.41, 5.74) is 4.52. The number of para-hydroxylation sites is 1. The Kier molecular flexibility index (Phi) is 13.2. The second kappa shape index (κ2) is 14.6. The van der Waals surface area contributed by atoms with Crippen molar-refractivity contribution in [2.75, 3.05) is 0 Å². The van der Waals surface area contributed by atoms with Gasteiger partial charge in [0.15, 0.2) is 0 Å². The predicted molar refractivity (Wildman–Crippen MR) is 118 cm³/mol. The summed E-state index contributed by atoms with van der Waals surface area (Å²) < 4.78 is 0. The number of fused-ring (bicyclic) bond motifs is 1. The largest absolute Gasteiger partial charge is 0.281 e. The lowest BCUT2D eigenvalue weighted by atomic mass is 9.89. The number of nitriles is 1. The smallest absolute Gasteiger partial charge is 0.0953 e. The summed E-state index contributed by atoms with van der Waals surface area (Å²) in [6, 6.07) is 18.8. The van der Waals surface area contributed by atoms with E-state index in [4.69, 9.17) is 5.26 Å². The van der Waals surface area contributed by atoms with Gasteiger partial charge in [-0.2, -0.15) is 10.4 Å². The van der Waals surface area contributed by atoms with Crippen molar-refractivity contribution in [3.05, 3.63) is 65.4 Å². The first-order valence-corrected chi connectivity index (χ1v) is 10.2. The van der Waals surface area contributed by atoms with Gasteiger partial charge >= 0.3 is 0 Å². The number of aromatic amines is 1. The van der Waals surface area contributed by atoms with Crippen LogP contribution in [0.5, 0.6) is 0 Å². The number of rotatable bonds is 4. The highest BCUT2D eigenvalue weighted by molar-refractivity contribution is 5.85. The van der Waals surface area contributed by atoms with Crippen molar-refractivity contribution in [2.24, 2.45) is 0 Å². The first kappa shape index (κ1) is 24.4. The summed E-state index contributed by atoms with van der Waals surface area (Å²) in [6.45, 7) is 14.1. The third kappa shape index (κ3) is 6.57. The van der Waals surface area contributed by atoms with Gasteiger partial charge in [0.05, 0.1) is 17.3 Å². The molecular weight excluding hydrogens is 330 g/mol. The fourth-order valence-corrected chi connectivity index (χ4v) is 2.84. The van der Waals surface area contributed by atoms with E-state index in [-0.39, 0.29) is 5.92 Å². The fraction of sp³-hybridized carbons (Fsp3) is 0.417. The van der Waals surface area contributed by atoms with E-state index in [0.29, 0.717) is 6.42 Å². The van der Waals surface area contributed by atoms with Crippen molar-refractivity contribution >= 4 is 10.9 Å². The van der Waals surface area contributed by atoms with Crippen LogP contribution in [0.4, 0.5) is 0 Å². The third-order valence-electron chi connectivity index (χ3n) is 3.91. The SMILES string of the molecule is CC.CC.CC.Cc1cccc2c(C(CCC#N)c3ccccc3)[nH]nc12. The Morgan fingerprint density at radius 2 is 1.56 bits per heavy atom. The van der Waals surface area contributed by atoms with Crippen LogP contribution in [0.2, 0.25) is 0 Å². The first-order chi connectivity index (χ1) is 13.3. The van der Waals surface area contributed by atoms with Gasteiger partial charge in [0.1, 0.15) is 0 Å². The number of hydrogen-bond donors (Lipinski definition) is 1. The summed E-state index contributed by atoms with van der Waals surface area (Å²) in [6.07, 6.45) is 1.33. The van der Waals surface area contributed by atoms with Gasteiger partial charge in [-0.3, -0.25) is 5.10 Å². The van der Waals surface area contributed by atoms with Gasteiger partial charge in [0, 0.05) is 17.7 Å². The molecule has 1 atom stereocenters. The Morgan fingerprint density at radius 3 is 2.15 bits per heavy atom. The normalized spacial score (nSPS) is 10.1. The van der Waals surface area contributed by atoms with Crippen molar-refractivity contribution in [2.45, 2.75) is 67.2 Å². The number of aryl methyl sites for hydroxylation is 1. The molecule has 146 valence electrons. The van der Waals surface area contributed by atoms with Crippen LogP contribution in [0.15, 0.2) is 48.5 Å². The van der Waals surface area contributed by atoms with Gasteiger partial charge in [-0.05, 0) is 24.5 Å². The quantitative estimate of drug-likeness (QED) is 0.524. The van der Waals surface area contributed by atoms with Crippen LogP contribution in [0, 0.1) is 18.3 Å². The van der Waals surface area contributed by atoms with Crippen LogP contribution >= 0.6 is 0 Å². The Balaban J connectivity index is 0.00000103. The second-order valence-electron chi connectivity index (χ2n) is 5.27. The summed E-state index contributed by atoms with van der Waals surface area (Å²) >= 11 is 0. The lowest BCUT2D eigenvalue weighted by Crippen LogP contribution is -2.02. The summed E-state index contributed by atoms with van der Waals surface area (Å²) in [5.74, 6) is 0.178. The van der Waals surface area contributed by atoms with Gasteiger partial charge in [0.2, 0.25) is 0 Å². The molecule has 3 heteroatoms. The van der Waals surface area contributed by atoms with Crippen LogP contribution in [0.25, 0.3) is 10.9 Å². The molecule has 0 aliphatic rings. The molecule has 1 N–H and O–H groups in total. The molecule has 2 aromatic carbocycles. The van der Waals surface area contributed by atoms with E-state index in [0.717, 1.165) is 23.0 Å². The average molecular weight is 366 g/mol. The molecule has 3 aromatic rings. The number of nitrogens with zero attached hydrogens (tertiary/aromatic N) is 2. The van der Waals surface area contributed by atoms with Gasteiger partial charge in [-0.25, -0.2) is 0 Å². The maximum atomic E-state index is 8.94. The number of nitrogens with one attached hydrogen (secondary N) is 1. The lowest BCUT2D eigenvalue weighted by Gasteiger charge is -2.15. The van der Waals surface area contributed by atoms with Crippen molar-refractivity contribution < 1.29 is 0 Å². The van der Waals surface area contributed by atoms with Gasteiger partial charge < -0.3 is 0 Å². The van der Waals surface area contributed by atoms with Crippen molar-refractivity contribution in [1.29, 1.82) is 5.26 Å². The third-order valence-corrected chi connectivity index (χ3v) is 3.91. The maximum absolute atomic E-state index is 8.94. The molecule has 0 aliphatic heterocycles. The van der Waals surface area contributed by atoms with E-state index in [1.807, 2.05) is 59.7 Å². The monoisotopic (exact) mass is 365 g/mol. The highest BCUT2D eigenvalue weighted by Crippen LogP contribution is 2.33. The minimum absolute atomic E-state index is 0.178. The van der Waals surface area contributed by atoms with E-state index in [2.05, 4.69) is 53.5 Å². The van der Waals surface area contributed by atoms with Crippen molar-refractivity contribution in [1.82, 2.24) is 10.2 Å². The molecule has 1 heterocycles. The summed E-state index contributed by atoms with van der Waals surface area (Å²) in [5, 5.41) is 17.8. The van der Waals surface area contributed by atoms with E-state index in [1.165, 1.54) is 11.1 Å². The Hall–Kier alpha value is -2.60. The Bertz CT molecular complexity index is 782. The topological polar surface area (TPSA) is 52.5 Å². The highest BCUT2D eigenvalue weighted by atomic mass is 15.1. The molecule has 3 rings (SSSR count). The minimum Gasteiger partial charge on any atom is -0.281 e. The van der Waals surface area contributed by atoms with E-state index in [1.54, 1.807) is 0 Å². The van der Waals surface area contributed by atoms with Gasteiger partial charge in [-0.1, -0.05) is 90.1 Å². The zero-order valence-electron chi connectivity index (χ0n) is 18.0. The fourth-order valence-electron chi connectivity index (χ4n) is 2.84. The van der Waals surface area contributed by atoms with Gasteiger partial charge in [-0.15, -0.1) is 0 Å². The molecule has 0 spiro atoms. The van der Waals surface area contributed by atoms with Crippen LogP contribution in [-0.2, 0) is 0 Å². The molecule has 1 aromatic heterocycles. The van der Waals surface area contributed by atoms with E-state index >= 15 is 0 Å². The van der Waals surface area contributed by atoms with Crippen molar-refractivity contribution in [3.63, 3.8) is 0 Å². The molecule has 0 aliphatic carbocycles. The number of aromatic nitrogens is 2. The molecule has 27 heavy (non-hydrogen) atoms. The Labute approximate surface area is 165 Å². The van der Waals surface area contributed by atoms with E-state index < -0.39 is 0 Å². The standard InChI is InChI=1S/C18H17N3.3C2H6/c1-13-7-5-10-16-17(13)20-21-18(16)15(11-6-12-19)14-8-3-2-4-9-14;3*1-2/h2-5,7-10,15H,6,11H2,1H3,(H,20,21);3*1-2H3. The van der Waals surface area contributed by atoms with Gasteiger partial charge in [0.25, 0.3) is 0 Å².